The van der Waals surface area contributed by atoms with Crippen LogP contribution >= 0.6 is 0 Å². The van der Waals surface area contributed by atoms with Crippen LogP contribution in [0.1, 0.15) is 37.3 Å². The third kappa shape index (κ3) is 2.48. The van der Waals surface area contributed by atoms with Gasteiger partial charge in [0.05, 0.1) is 25.7 Å². The van der Waals surface area contributed by atoms with E-state index >= 15 is 0 Å². The molecule has 3 saturated heterocycles. The summed E-state index contributed by atoms with van der Waals surface area (Å²) in [6, 6.07) is 6.53. The summed E-state index contributed by atoms with van der Waals surface area (Å²) in [5, 5.41) is 1.17. The monoisotopic (exact) mass is 354 g/mol. The van der Waals surface area contributed by atoms with Crippen molar-refractivity contribution in [1.29, 1.82) is 0 Å². The van der Waals surface area contributed by atoms with Crippen LogP contribution < -0.4 is 0 Å². The topological polar surface area (TPSA) is 54.6 Å². The van der Waals surface area contributed by atoms with Gasteiger partial charge in [0.15, 0.2) is 5.79 Å². The standard InChI is InChI=1S/C21H26N2O3/c1-2-14-3-5-18-17(9-14)16(12-22-18)10-20(24)23-13-15-4-6-19(23)21(11-15)25-7-8-26-21/h3,5,9,12,15,19,22H,2,4,6-8,10-11,13H2,1H3. The van der Waals surface area contributed by atoms with Gasteiger partial charge in [-0.05, 0) is 48.4 Å². The lowest BCUT2D eigenvalue weighted by Crippen LogP contribution is -2.65. The Morgan fingerprint density at radius 1 is 1.31 bits per heavy atom. The highest BCUT2D eigenvalue weighted by molar-refractivity contribution is 5.89. The molecule has 1 spiro atoms. The molecule has 1 amide bonds. The number of rotatable bonds is 3. The summed E-state index contributed by atoms with van der Waals surface area (Å²) in [7, 11) is 0. The smallest absolute Gasteiger partial charge is 0.227 e. The molecule has 4 fully saturated rings. The highest BCUT2D eigenvalue weighted by atomic mass is 16.7. The molecule has 26 heavy (non-hydrogen) atoms. The van der Waals surface area contributed by atoms with Crippen molar-refractivity contribution in [2.45, 2.75) is 50.9 Å². The maximum Gasteiger partial charge on any atom is 0.227 e. The van der Waals surface area contributed by atoms with Gasteiger partial charge in [0.25, 0.3) is 0 Å². The van der Waals surface area contributed by atoms with E-state index in [1.807, 2.05) is 11.1 Å². The number of hydrogen-bond acceptors (Lipinski definition) is 3. The van der Waals surface area contributed by atoms with Crippen LogP contribution in [0.4, 0.5) is 0 Å². The Hall–Kier alpha value is -1.85. The number of benzene rings is 1. The zero-order valence-electron chi connectivity index (χ0n) is 15.3. The Kier molecular flexibility index (Phi) is 3.83. The minimum absolute atomic E-state index is 0.0684. The number of hydrogen-bond donors (Lipinski definition) is 1. The van der Waals surface area contributed by atoms with Crippen molar-refractivity contribution in [3.8, 4) is 0 Å². The molecule has 3 aliphatic heterocycles. The van der Waals surface area contributed by atoms with E-state index in [9.17, 15) is 4.79 Å². The molecule has 1 aromatic heterocycles. The van der Waals surface area contributed by atoms with E-state index in [4.69, 9.17) is 9.47 Å². The first-order valence-electron chi connectivity index (χ1n) is 9.85. The number of nitrogens with one attached hydrogen (secondary N) is 1. The summed E-state index contributed by atoms with van der Waals surface area (Å²) in [5.74, 6) is 0.157. The molecular weight excluding hydrogens is 328 g/mol. The van der Waals surface area contributed by atoms with Crippen LogP contribution in [0.3, 0.4) is 0 Å². The van der Waals surface area contributed by atoms with Crippen LogP contribution in [0.15, 0.2) is 24.4 Å². The van der Waals surface area contributed by atoms with E-state index < -0.39 is 5.79 Å². The quantitative estimate of drug-likeness (QED) is 0.922. The second-order valence-corrected chi connectivity index (χ2v) is 7.94. The summed E-state index contributed by atoms with van der Waals surface area (Å²) in [6.45, 7) is 4.30. The SMILES string of the molecule is CCc1ccc2[nH]cc(CC(=O)N3CC4CCC3C3(C4)OCCO3)c2c1. The Morgan fingerprint density at radius 3 is 2.92 bits per heavy atom. The van der Waals surface area contributed by atoms with E-state index in [-0.39, 0.29) is 11.9 Å². The minimum atomic E-state index is -0.535. The summed E-state index contributed by atoms with van der Waals surface area (Å²) < 4.78 is 12.0. The summed E-state index contributed by atoms with van der Waals surface area (Å²) in [5.41, 5.74) is 3.49. The van der Waals surface area contributed by atoms with Crippen molar-refractivity contribution >= 4 is 16.8 Å². The fourth-order valence-electron chi connectivity index (χ4n) is 5.12. The number of carbonyl (C=O) groups excluding carboxylic acids is 1. The number of piperidine rings is 2. The van der Waals surface area contributed by atoms with Crippen molar-refractivity contribution in [1.82, 2.24) is 9.88 Å². The van der Waals surface area contributed by atoms with Gasteiger partial charge in [-0.1, -0.05) is 13.0 Å². The molecule has 0 radical (unpaired) electrons. The zero-order valence-corrected chi connectivity index (χ0v) is 15.3. The molecule has 1 N–H and O–H groups in total. The predicted molar refractivity (Wildman–Crippen MR) is 98.9 cm³/mol. The van der Waals surface area contributed by atoms with Gasteiger partial charge in [-0.2, -0.15) is 0 Å². The Bertz CT molecular complexity index is 837. The van der Waals surface area contributed by atoms with Gasteiger partial charge >= 0.3 is 0 Å². The number of carbonyl (C=O) groups is 1. The van der Waals surface area contributed by atoms with Crippen LogP contribution in [0.2, 0.25) is 0 Å². The van der Waals surface area contributed by atoms with E-state index in [1.54, 1.807) is 0 Å². The molecule has 4 heterocycles. The molecule has 2 atom stereocenters. The zero-order chi connectivity index (χ0) is 17.7. The fraction of sp³-hybridized carbons (Fsp3) is 0.571. The lowest BCUT2D eigenvalue weighted by molar-refractivity contribution is -0.249. The molecule has 138 valence electrons. The molecule has 1 saturated carbocycles. The van der Waals surface area contributed by atoms with Gasteiger partial charge in [-0.15, -0.1) is 0 Å². The minimum Gasteiger partial charge on any atom is -0.361 e. The maximum absolute atomic E-state index is 13.2. The van der Waals surface area contributed by atoms with E-state index in [2.05, 4.69) is 30.1 Å². The second kappa shape index (κ2) is 6.10. The number of fused-ring (bicyclic) bond motifs is 3. The van der Waals surface area contributed by atoms with Crippen molar-refractivity contribution in [2.75, 3.05) is 19.8 Å². The normalized spacial score (nSPS) is 26.9. The first kappa shape index (κ1) is 16.3. The van der Waals surface area contributed by atoms with Crippen molar-refractivity contribution in [2.24, 2.45) is 5.92 Å². The van der Waals surface area contributed by atoms with E-state index in [1.165, 1.54) is 17.4 Å². The van der Waals surface area contributed by atoms with Crippen LogP contribution in [0, 0.1) is 5.92 Å². The lowest BCUT2D eigenvalue weighted by atomic mass is 9.75. The molecule has 1 aromatic carbocycles. The number of amides is 1. The van der Waals surface area contributed by atoms with E-state index in [0.717, 1.165) is 36.9 Å². The van der Waals surface area contributed by atoms with Gasteiger partial charge in [0, 0.05) is 30.1 Å². The average molecular weight is 354 g/mol. The molecule has 2 unspecified atom stereocenters. The molecule has 5 heteroatoms. The summed E-state index contributed by atoms with van der Waals surface area (Å²) in [6.07, 6.45) is 6.53. The third-order valence-electron chi connectivity index (χ3n) is 6.44. The lowest BCUT2D eigenvalue weighted by Gasteiger charge is -2.53. The Morgan fingerprint density at radius 2 is 2.15 bits per heavy atom. The first-order chi connectivity index (χ1) is 12.7. The number of H-pyrrole nitrogens is 1. The van der Waals surface area contributed by atoms with Crippen LogP contribution in [-0.4, -0.2) is 47.4 Å². The fourth-order valence-corrected chi connectivity index (χ4v) is 5.12. The molecule has 4 aliphatic rings. The molecule has 6 rings (SSSR count). The van der Waals surface area contributed by atoms with Gasteiger partial charge in [0.1, 0.15) is 0 Å². The highest BCUT2D eigenvalue weighted by Gasteiger charge is 2.56. The summed E-state index contributed by atoms with van der Waals surface area (Å²) >= 11 is 0. The maximum atomic E-state index is 13.2. The van der Waals surface area contributed by atoms with Gasteiger partial charge in [-0.3, -0.25) is 4.79 Å². The highest BCUT2D eigenvalue weighted by Crippen LogP contribution is 2.46. The summed E-state index contributed by atoms with van der Waals surface area (Å²) in [4.78, 5) is 18.6. The van der Waals surface area contributed by atoms with Crippen molar-refractivity contribution in [3.05, 3.63) is 35.5 Å². The molecule has 5 nitrogen and oxygen atoms in total. The van der Waals surface area contributed by atoms with Gasteiger partial charge in [-0.25, -0.2) is 0 Å². The first-order valence-corrected chi connectivity index (χ1v) is 9.85. The Labute approximate surface area is 153 Å². The number of nitrogens with zero attached hydrogens (tertiary/aromatic N) is 1. The average Bonchev–Trinajstić information content (AvgIpc) is 3.29. The number of ether oxygens (including phenoxy) is 2. The van der Waals surface area contributed by atoms with Gasteiger partial charge in [0.2, 0.25) is 5.91 Å². The number of aromatic nitrogens is 1. The molecule has 2 aromatic rings. The molecule has 2 bridgehead atoms. The number of aryl methyl sites for hydroxylation is 1. The van der Waals surface area contributed by atoms with Crippen molar-refractivity contribution in [3.63, 3.8) is 0 Å². The van der Waals surface area contributed by atoms with E-state index in [0.29, 0.717) is 25.6 Å². The van der Waals surface area contributed by atoms with Crippen molar-refractivity contribution < 1.29 is 14.3 Å². The third-order valence-corrected chi connectivity index (χ3v) is 6.44. The van der Waals surface area contributed by atoms with Crippen LogP contribution in [0.5, 0.6) is 0 Å². The molecule has 1 aliphatic carbocycles. The predicted octanol–water partition coefficient (Wildman–Crippen LogP) is 3.03. The second-order valence-electron chi connectivity index (χ2n) is 7.94. The Balaban J connectivity index is 1.40. The largest absolute Gasteiger partial charge is 0.361 e. The molecular formula is C21H26N2O3. The number of aromatic amines is 1. The van der Waals surface area contributed by atoms with Gasteiger partial charge < -0.3 is 19.4 Å². The van der Waals surface area contributed by atoms with Crippen LogP contribution in [-0.2, 0) is 27.1 Å². The van der Waals surface area contributed by atoms with Crippen LogP contribution in [0.25, 0.3) is 10.9 Å².